The van der Waals surface area contributed by atoms with Gasteiger partial charge in [-0.2, -0.15) is 0 Å². The molecule has 0 saturated carbocycles. The maximum atomic E-state index is 12.5. The molecular formula is C21H27N3O. The number of hydrogen-bond acceptors (Lipinski definition) is 2. The Balaban J connectivity index is 1.55. The lowest BCUT2D eigenvalue weighted by atomic mass is 10.1. The summed E-state index contributed by atoms with van der Waals surface area (Å²) < 4.78 is 0. The number of benzene rings is 2. The van der Waals surface area contributed by atoms with Crippen LogP contribution in [0.15, 0.2) is 48.5 Å². The van der Waals surface area contributed by atoms with Crippen LogP contribution in [-0.4, -0.2) is 37.1 Å². The maximum absolute atomic E-state index is 12.5. The normalized spacial score (nSPS) is 15.8. The van der Waals surface area contributed by atoms with E-state index >= 15 is 0 Å². The second-order valence-electron chi connectivity index (χ2n) is 6.90. The summed E-state index contributed by atoms with van der Waals surface area (Å²) >= 11 is 0. The smallest absolute Gasteiger partial charge is 0.317 e. The van der Waals surface area contributed by atoms with Crippen molar-refractivity contribution in [2.24, 2.45) is 0 Å². The highest BCUT2D eigenvalue weighted by atomic mass is 16.2. The fourth-order valence-electron chi connectivity index (χ4n) is 3.40. The predicted molar refractivity (Wildman–Crippen MR) is 103 cm³/mol. The topological polar surface area (TPSA) is 35.6 Å². The van der Waals surface area contributed by atoms with E-state index in [9.17, 15) is 4.79 Å². The van der Waals surface area contributed by atoms with Crippen molar-refractivity contribution < 1.29 is 4.79 Å². The molecule has 4 heteroatoms. The fraction of sp³-hybridized carbons (Fsp3) is 0.381. The largest absolute Gasteiger partial charge is 0.368 e. The van der Waals surface area contributed by atoms with E-state index in [0.717, 1.165) is 31.7 Å². The molecule has 1 aliphatic rings. The number of carbonyl (C=O) groups is 1. The third kappa shape index (κ3) is 4.32. The van der Waals surface area contributed by atoms with Gasteiger partial charge >= 0.3 is 6.03 Å². The predicted octanol–water partition coefficient (Wildman–Crippen LogP) is 3.90. The van der Waals surface area contributed by atoms with Crippen molar-refractivity contribution >= 4 is 11.7 Å². The van der Waals surface area contributed by atoms with Gasteiger partial charge in [-0.3, -0.25) is 0 Å². The summed E-state index contributed by atoms with van der Waals surface area (Å²) in [5.74, 6) is 0. The Hall–Kier alpha value is -2.49. The van der Waals surface area contributed by atoms with Crippen molar-refractivity contribution in [3.63, 3.8) is 0 Å². The number of nitrogens with zero attached hydrogens (tertiary/aromatic N) is 2. The Labute approximate surface area is 150 Å². The number of hydrogen-bond donors (Lipinski definition) is 1. The summed E-state index contributed by atoms with van der Waals surface area (Å²) in [6.45, 7) is 9.53. The Morgan fingerprint density at radius 3 is 2.16 bits per heavy atom. The number of amides is 2. The van der Waals surface area contributed by atoms with E-state index in [-0.39, 0.29) is 12.1 Å². The van der Waals surface area contributed by atoms with Gasteiger partial charge in [-0.25, -0.2) is 4.79 Å². The van der Waals surface area contributed by atoms with Crippen LogP contribution in [0.25, 0.3) is 0 Å². The highest BCUT2D eigenvalue weighted by Gasteiger charge is 2.22. The average Bonchev–Trinajstić information content (AvgIpc) is 2.61. The van der Waals surface area contributed by atoms with E-state index in [1.165, 1.54) is 16.8 Å². The Morgan fingerprint density at radius 1 is 0.960 bits per heavy atom. The van der Waals surface area contributed by atoms with Crippen LogP contribution in [0.1, 0.15) is 29.7 Å². The van der Waals surface area contributed by atoms with E-state index < -0.39 is 0 Å². The summed E-state index contributed by atoms with van der Waals surface area (Å²) in [4.78, 5) is 16.8. The molecule has 0 radical (unpaired) electrons. The first-order valence-electron chi connectivity index (χ1n) is 8.96. The van der Waals surface area contributed by atoms with E-state index in [1.807, 2.05) is 42.2 Å². The molecule has 0 aromatic heterocycles. The molecule has 2 aromatic carbocycles. The summed E-state index contributed by atoms with van der Waals surface area (Å²) in [6.07, 6.45) is 0. The molecule has 2 aromatic rings. The van der Waals surface area contributed by atoms with E-state index in [2.05, 4.69) is 42.3 Å². The molecule has 1 atom stereocenters. The van der Waals surface area contributed by atoms with Crippen molar-refractivity contribution in [3.05, 3.63) is 65.2 Å². The summed E-state index contributed by atoms with van der Waals surface area (Å²) in [6, 6.07) is 16.8. The average molecular weight is 337 g/mol. The molecule has 132 valence electrons. The van der Waals surface area contributed by atoms with Crippen LogP contribution in [0.5, 0.6) is 0 Å². The van der Waals surface area contributed by atoms with Crippen LogP contribution < -0.4 is 10.2 Å². The molecule has 1 aliphatic heterocycles. The summed E-state index contributed by atoms with van der Waals surface area (Å²) in [7, 11) is 0. The number of nitrogens with one attached hydrogen (secondary N) is 1. The lowest BCUT2D eigenvalue weighted by Gasteiger charge is -2.36. The first kappa shape index (κ1) is 17.3. The van der Waals surface area contributed by atoms with Gasteiger partial charge in [0, 0.05) is 31.9 Å². The number of carbonyl (C=O) groups excluding carboxylic acids is 1. The Kier molecular flexibility index (Phi) is 5.27. The summed E-state index contributed by atoms with van der Waals surface area (Å²) in [5.41, 5.74) is 4.96. The second-order valence-corrected chi connectivity index (χ2v) is 6.90. The van der Waals surface area contributed by atoms with Crippen LogP contribution in [-0.2, 0) is 0 Å². The first-order chi connectivity index (χ1) is 12.0. The van der Waals surface area contributed by atoms with Gasteiger partial charge in [0.2, 0.25) is 0 Å². The molecule has 0 spiro atoms. The first-order valence-corrected chi connectivity index (χ1v) is 8.96. The van der Waals surface area contributed by atoms with Crippen molar-refractivity contribution in [3.8, 4) is 0 Å². The van der Waals surface area contributed by atoms with Crippen LogP contribution in [0, 0.1) is 13.8 Å². The van der Waals surface area contributed by atoms with Gasteiger partial charge in [-0.1, -0.05) is 36.4 Å². The molecule has 25 heavy (non-hydrogen) atoms. The molecule has 2 amide bonds. The lowest BCUT2D eigenvalue weighted by Crippen LogP contribution is -2.52. The quantitative estimate of drug-likeness (QED) is 0.922. The zero-order valence-electron chi connectivity index (χ0n) is 15.3. The minimum Gasteiger partial charge on any atom is -0.368 e. The molecule has 0 bridgehead atoms. The van der Waals surface area contributed by atoms with E-state index in [0.29, 0.717) is 0 Å². The SMILES string of the molecule is Cc1cc(C)cc(N2CCN(C(=O)NC(C)c3ccccc3)CC2)c1. The van der Waals surface area contributed by atoms with Crippen molar-refractivity contribution in [1.82, 2.24) is 10.2 Å². The van der Waals surface area contributed by atoms with Crippen LogP contribution in [0.3, 0.4) is 0 Å². The number of aryl methyl sites for hydroxylation is 2. The molecular weight excluding hydrogens is 310 g/mol. The minimum atomic E-state index is 0.0196. The van der Waals surface area contributed by atoms with Gasteiger partial charge in [0.15, 0.2) is 0 Å². The highest BCUT2D eigenvalue weighted by molar-refractivity contribution is 5.75. The lowest BCUT2D eigenvalue weighted by molar-refractivity contribution is 0.191. The highest BCUT2D eigenvalue weighted by Crippen LogP contribution is 2.20. The number of anilines is 1. The fourth-order valence-corrected chi connectivity index (χ4v) is 3.40. The van der Waals surface area contributed by atoms with Gasteiger partial charge in [-0.05, 0) is 49.6 Å². The van der Waals surface area contributed by atoms with Crippen LogP contribution in [0.2, 0.25) is 0 Å². The molecule has 1 unspecified atom stereocenters. The Bertz CT molecular complexity index is 701. The van der Waals surface area contributed by atoms with Gasteiger partial charge in [-0.15, -0.1) is 0 Å². The van der Waals surface area contributed by atoms with E-state index in [4.69, 9.17) is 0 Å². The zero-order chi connectivity index (χ0) is 17.8. The van der Waals surface area contributed by atoms with Gasteiger partial charge in [0.25, 0.3) is 0 Å². The Morgan fingerprint density at radius 2 is 1.56 bits per heavy atom. The monoisotopic (exact) mass is 337 g/mol. The van der Waals surface area contributed by atoms with E-state index in [1.54, 1.807) is 0 Å². The van der Waals surface area contributed by atoms with Crippen LogP contribution >= 0.6 is 0 Å². The van der Waals surface area contributed by atoms with Gasteiger partial charge in [0.1, 0.15) is 0 Å². The van der Waals surface area contributed by atoms with Gasteiger partial charge < -0.3 is 15.1 Å². The molecule has 3 rings (SSSR count). The zero-order valence-corrected chi connectivity index (χ0v) is 15.3. The number of piperazine rings is 1. The molecule has 4 nitrogen and oxygen atoms in total. The van der Waals surface area contributed by atoms with Gasteiger partial charge in [0.05, 0.1) is 6.04 Å². The number of urea groups is 1. The standard InChI is InChI=1S/C21H27N3O/c1-16-13-17(2)15-20(14-16)23-9-11-24(12-10-23)21(25)22-18(3)19-7-5-4-6-8-19/h4-8,13-15,18H,9-12H2,1-3H3,(H,22,25). The van der Waals surface area contributed by atoms with Crippen molar-refractivity contribution in [2.75, 3.05) is 31.1 Å². The minimum absolute atomic E-state index is 0.0196. The molecule has 1 fully saturated rings. The maximum Gasteiger partial charge on any atom is 0.317 e. The number of rotatable bonds is 3. The molecule has 1 saturated heterocycles. The summed E-state index contributed by atoms with van der Waals surface area (Å²) in [5, 5.41) is 3.11. The molecule has 1 heterocycles. The van der Waals surface area contributed by atoms with Crippen LogP contribution in [0.4, 0.5) is 10.5 Å². The molecule has 0 aliphatic carbocycles. The third-order valence-corrected chi connectivity index (χ3v) is 4.78. The van der Waals surface area contributed by atoms with Crippen molar-refractivity contribution in [2.45, 2.75) is 26.8 Å². The molecule has 1 N–H and O–H groups in total. The third-order valence-electron chi connectivity index (χ3n) is 4.78. The van der Waals surface area contributed by atoms with Crippen molar-refractivity contribution in [1.29, 1.82) is 0 Å². The second kappa shape index (κ2) is 7.60.